The molecule has 0 unspecified atom stereocenters. The normalized spacial score (nSPS) is 10.5. The second-order valence-corrected chi connectivity index (χ2v) is 5.80. The van der Waals surface area contributed by atoms with Gasteiger partial charge in [-0.25, -0.2) is 4.98 Å². The number of carbonyl (C=O) groups excluding carboxylic acids is 1. The van der Waals surface area contributed by atoms with Gasteiger partial charge in [0.05, 0.1) is 6.42 Å². The molecule has 17 heavy (non-hydrogen) atoms. The number of ketones is 1. The average molecular weight is 310 g/mol. The number of thiazole rings is 1. The zero-order valence-corrected chi connectivity index (χ0v) is 12.1. The van der Waals surface area contributed by atoms with Gasteiger partial charge in [-0.05, 0) is 31.5 Å². The van der Waals surface area contributed by atoms with Gasteiger partial charge in [0, 0.05) is 21.1 Å². The molecule has 88 valence electrons. The van der Waals surface area contributed by atoms with Crippen LogP contribution in [0.3, 0.4) is 0 Å². The largest absolute Gasteiger partial charge is 0.294 e. The van der Waals surface area contributed by atoms with Crippen LogP contribution in [0.2, 0.25) is 0 Å². The maximum atomic E-state index is 12.1. The van der Waals surface area contributed by atoms with E-state index in [1.54, 1.807) is 11.3 Å². The highest BCUT2D eigenvalue weighted by atomic mass is 79.9. The van der Waals surface area contributed by atoms with Crippen LogP contribution in [0.25, 0.3) is 0 Å². The Morgan fingerprint density at radius 1 is 1.41 bits per heavy atom. The molecule has 1 heterocycles. The first kappa shape index (κ1) is 12.5. The molecule has 0 radical (unpaired) electrons. The topological polar surface area (TPSA) is 30.0 Å². The summed E-state index contributed by atoms with van der Waals surface area (Å²) in [5.74, 6) is 0.129. The number of halogens is 1. The molecule has 0 N–H and O–H groups in total. The van der Waals surface area contributed by atoms with Gasteiger partial charge in [-0.1, -0.05) is 22.0 Å². The van der Waals surface area contributed by atoms with Crippen LogP contribution in [0.15, 0.2) is 28.1 Å². The Kier molecular flexibility index (Phi) is 3.74. The monoisotopic (exact) mass is 309 g/mol. The molecule has 0 spiro atoms. The third-order valence-electron chi connectivity index (χ3n) is 2.47. The molecule has 0 fully saturated rings. The quantitative estimate of drug-likeness (QED) is 0.804. The number of hydrogen-bond acceptors (Lipinski definition) is 3. The van der Waals surface area contributed by atoms with E-state index in [2.05, 4.69) is 20.9 Å². The third-order valence-corrected chi connectivity index (χ3v) is 3.93. The van der Waals surface area contributed by atoms with Crippen molar-refractivity contribution in [3.05, 3.63) is 49.9 Å². The summed E-state index contributed by atoms with van der Waals surface area (Å²) in [6.07, 6.45) is 0.390. The average Bonchev–Trinajstić information content (AvgIpc) is 2.63. The lowest BCUT2D eigenvalue weighted by atomic mass is 10.0. The molecule has 2 rings (SSSR count). The maximum Gasteiger partial charge on any atom is 0.169 e. The minimum Gasteiger partial charge on any atom is -0.294 e. The summed E-state index contributed by atoms with van der Waals surface area (Å²) >= 11 is 4.93. The predicted molar refractivity (Wildman–Crippen MR) is 73.8 cm³/mol. The molecule has 1 aromatic heterocycles. The first-order valence-electron chi connectivity index (χ1n) is 5.26. The third kappa shape index (κ3) is 3.01. The van der Waals surface area contributed by atoms with Crippen molar-refractivity contribution in [3.63, 3.8) is 0 Å². The molecule has 0 amide bonds. The summed E-state index contributed by atoms with van der Waals surface area (Å²) in [6, 6.07) is 5.72. The van der Waals surface area contributed by atoms with E-state index in [4.69, 9.17) is 0 Å². The van der Waals surface area contributed by atoms with Crippen molar-refractivity contribution in [2.75, 3.05) is 0 Å². The van der Waals surface area contributed by atoms with E-state index in [0.29, 0.717) is 6.42 Å². The smallest absolute Gasteiger partial charge is 0.169 e. The molecule has 0 saturated heterocycles. The lowest BCUT2D eigenvalue weighted by Crippen LogP contribution is -2.05. The molecule has 1 aromatic carbocycles. The Hall–Kier alpha value is -1.00. The zero-order chi connectivity index (χ0) is 12.4. The minimum atomic E-state index is 0.129. The lowest BCUT2D eigenvalue weighted by Gasteiger charge is -2.04. The molecule has 4 heteroatoms. The van der Waals surface area contributed by atoms with Crippen molar-refractivity contribution in [1.82, 2.24) is 4.98 Å². The lowest BCUT2D eigenvalue weighted by molar-refractivity contribution is 0.0992. The van der Waals surface area contributed by atoms with E-state index in [1.165, 1.54) is 0 Å². The zero-order valence-electron chi connectivity index (χ0n) is 9.66. The molecule has 0 saturated carbocycles. The molecule has 2 aromatic rings. The number of rotatable bonds is 3. The second kappa shape index (κ2) is 5.10. The van der Waals surface area contributed by atoms with Crippen molar-refractivity contribution in [1.29, 1.82) is 0 Å². The molecular weight excluding hydrogens is 298 g/mol. The van der Waals surface area contributed by atoms with Gasteiger partial charge in [-0.2, -0.15) is 0 Å². The van der Waals surface area contributed by atoms with Crippen molar-refractivity contribution < 1.29 is 4.79 Å². The van der Waals surface area contributed by atoms with Gasteiger partial charge in [0.25, 0.3) is 0 Å². The molecule has 0 aliphatic rings. The standard InChI is InChI=1S/C13H12BrNOS/c1-8-5-10(14)3-4-11(8)12(16)6-13-15-9(2)7-17-13/h3-5,7H,6H2,1-2H3. The first-order valence-corrected chi connectivity index (χ1v) is 6.94. The summed E-state index contributed by atoms with van der Waals surface area (Å²) < 4.78 is 0.997. The maximum absolute atomic E-state index is 12.1. The van der Waals surface area contributed by atoms with Crippen LogP contribution in [0.4, 0.5) is 0 Å². The molecule has 0 bridgehead atoms. The molecular formula is C13H12BrNOS. The number of Topliss-reactive ketones (excluding diaryl/α,β-unsaturated/α-hetero) is 1. The predicted octanol–water partition coefficient (Wildman–Crippen LogP) is 3.95. The minimum absolute atomic E-state index is 0.129. The Morgan fingerprint density at radius 2 is 2.18 bits per heavy atom. The summed E-state index contributed by atoms with van der Waals surface area (Å²) in [7, 11) is 0. The summed E-state index contributed by atoms with van der Waals surface area (Å²) in [5.41, 5.74) is 2.75. The van der Waals surface area contributed by atoms with Crippen LogP contribution in [-0.2, 0) is 6.42 Å². The van der Waals surface area contributed by atoms with Crippen molar-refractivity contribution >= 4 is 33.0 Å². The van der Waals surface area contributed by atoms with E-state index >= 15 is 0 Å². The highest BCUT2D eigenvalue weighted by Gasteiger charge is 2.12. The van der Waals surface area contributed by atoms with E-state index in [-0.39, 0.29) is 5.78 Å². The number of carbonyl (C=O) groups is 1. The Balaban J connectivity index is 2.20. The van der Waals surface area contributed by atoms with E-state index < -0.39 is 0 Å². The molecule has 2 nitrogen and oxygen atoms in total. The molecule has 0 aliphatic heterocycles. The number of benzene rings is 1. The Labute approximate surface area is 113 Å². The van der Waals surface area contributed by atoms with Crippen molar-refractivity contribution in [2.45, 2.75) is 20.3 Å². The SMILES string of the molecule is Cc1csc(CC(=O)c2ccc(Br)cc2C)n1. The van der Waals surface area contributed by atoms with Crippen LogP contribution in [0, 0.1) is 13.8 Å². The summed E-state index contributed by atoms with van der Waals surface area (Å²) in [4.78, 5) is 16.4. The van der Waals surface area contributed by atoms with Crippen LogP contribution in [-0.4, -0.2) is 10.8 Å². The highest BCUT2D eigenvalue weighted by molar-refractivity contribution is 9.10. The van der Waals surface area contributed by atoms with Gasteiger partial charge in [-0.3, -0.25) is 4.79 Å². The Morgan fingerprint density at radius 3 is 2.76 bits per heavy atom. The van der Waals surface area contributed by atoms with Gasteiger partial charge < -0.3 is 0 Å². The van der Waals surface area contributed by atoms with Crippen molar-refractivity contribution in [2.24, 2.45) is 0 Å². The fraction of sp³-hybridized carbons (Fsp3) is 0.231. The van der Waals surface area contributed by atoms with Gasteiger partial charge in [-0.15, -0.1) is 11.3 Å². The van der Waals surface area contributed by atoms with Gasteiger partial charge in [0.15, 0.2) is 5.78 Å². The first-order chi connectivity index (χ1) is 8.06. The van der Waals surface area contributed by atoms with E-state index in [0.717, 1.165) is 26.3 Å². The van der Waals surface area contributed by atoms with Crippen LogP contribution >= 0.6 is 27.3 Å². The number of nitrogens with zero attached hydrogens (tertiary/aromatic N) is 1. The summed E-state index contributed by atoms with van der Waals surface area (Å²) in [6.45, 7) is 3.89. The van der Waals surface area contributed by atoms with Crippen molar-refractivity contribution in [3.8, 4) is 0 Å². The fourth-order valence-electron chi connectivity index (χ4n) is 1.66. The van der Waals surface area contributed by atoms with Crippen LogP contribution in [0.1, 0.15) is 26.6 Å². The van der Waals surface area contributed by atoms with Gasteiger partial charge in [0.1, 0.15) is 5.01 Å². The molecule has 0 aliphatic carbocycles. The molecule has 0 atom stereocenters. The van der Waals surface area contributed by atoms with Gasteiger partial charge in [0.2, 0.25) is 0 Å². The number of hydrogen-bond donors (Lipinski definition) is 0. The van der Waals surface area contributed by atoms with Gasteiger partial charge >= 0.3 is 0 Å². The second-order valence-electron chi connectivity index (χ2n) is 3.94. The van der Waals surface area contributed by atoms with E-state index in [1.807, 2.05) is 37.4 Å². The fourth-order valence-corrected chi connectivity index (χ4v) is 2.90. The summed E-state index contributed by atoms with van der Waals surface area (Å²) in [5, 5.41) is 2.85. The van der Waals surface area contributed by atoms with E-state index in [9.17, 15) is 4.79 Å². The number of aryl methyl sites for hydroxylation is 2. The number of aromatic nitrogens is 1. The Bertz CT molecular complexity index is 562. The van der Waals surface area contributed by atoms with Crippen LogP contribution < -0.4 is 0 Å². The highest BCUT2D eigenvalue weighted by Crippen LogP contribution is 2.18. The van der Waals surface area contributed by atoms with Crippen LogP contribution in [0.5, 0.6) is 0 Å².